The third-order valence-electron chi connectivity index (χ3n) is 4.69. The Labute approximate surface area is 170 Å². The maximum absolute atomic E-state index is 12.6. The SMILES string of the molecule is CC(C)(C)OC(=O)N1CCN2C(=O)N(CC#Cc3cccc(C(=O)O)c3)C[C@@H]2C1. The van der Waals surface area contributed by atoms with Crippen LogP contribution in [0.1, 0.15) is 36.7 Å². The van der Waals surface area contributed by atoms with E-state index >= 15 is 0 Å². The number of carbonyl (C=O) groups excluding carboxylic acids is 2. The Balaban J connectivity index is 1.59. The molecule has 0 radical (unpaired) electrons. The number of rotatable bonds is 2. The monoisotopic (exact) mass is 399 g/mol. The van der Waals surface area contributed by atoms with Gasteiger partial charge in [-0.25, -0.2) is 14.4 Å². The summed E-state index contributed by atoms with van der Waals surface area (Å²) >= 11 is 0. The van der Waals surface area contributed by atoms with Gasteiger partial charge < -0.3 is 24.5 Å². The zero-order chi connectivity index (χ0) is 21.2. The quantitative estimate of drug-likeness (QED) is 0.769. The predicted molar refractivity (Wildman–Crippen MR) is 106 cm³/mol. The van der Waals surface area contributed by atoms with E-state index in [1.54, 1.807) is 26.8 Å². The van der Waals surface area contributed by atoms with Crippen molar-refractivity contribution in [1.82, 2.24) is 14.7 Å². The Morgan fingerprint density at radius 2 is 2.00 bits per heavy atom. The lowest BCUT2D eigenvalue weighted by molar-refractivity contribution is 0.0127. The van der Waals surface area contributed by atoms with Gasteiger partial charge in [-0.05, 0) is 39.0 Å². The molecule has 1 N–H and O–H groups in total. The third kappa shape index (κ3) is 4.99. The van der Waals surface area contributed by atoms with Gasteiger partial charge in [0.05, 0.1) is 18.2 Å². The van der Waals surface area contributed by atoms with Gasteiger partial charge in [-0.3, -0.25) is 0 Å². The second kappa shape index (κ2) is 8.03. The summed E-state index contributed by atoms with van der Waals surface area (Å²) in [5.41, 5.74) is 0.206. The first-order valence-electron chi connectivity index (χ1n) is 9.50. The van der Waals surface area contributed by atoms with Gasteiger partial charge in [-0.15, -0.1) is 0 Å². The van der Waals surface area contributed by atoms with E-state index in [1.807, 2.05) is 20.8 Å². The van der Waals surface area contributed by atoms with Crippen molar-refractivity contribution in [2.45, 2.75) is 32.4 Å². The van der Waals surface area contributed by atoms with Crippen LogP contribution in [0.4, 0.5) is 9.59 Å². The molecule has 8 heteroatoms. The summed E-state index contributed by atoms with van der Waals surface area (Å²) in [6.07, 6.45) is -0.360. The standard InChI is InChI=1S/C21H25N3O5/c1-21(2,3)29-20(28)23-10-11-24-17(14-23)13-22(19(24)27)9-5-7-15-6-4-8-16(12-15)18(25)26/h4,6,8,12,17H,9-11,13-14H2,1-3H3,(H,25,26)/t17-/m1/s1. The van der Waals surface area contributed by atoms with Crippen molar-refractivity contribution in [2.24, 2.45) is 0 Å². The second-order valence-electron chi connectivity index (χ2n) is 8.12. The molecule has 2 aliphatic heterocycles. The van der Waals surface area contributed by atoms with Gasteiger partial charge in [0.1, 0.15) is 5.60 Å². The number of fused-ring (bicyclic) bond motifs is 1. The highest BCUT2D eigenvalue weighted by Crippen LogP contribution is 2.22. The lowest BCUT2D eigenvalue weighted by Crippen LogP contribution is -2.54. The van der Waals surface area contributed by atoms with Crippen molar-refractivity contribution in [1.29, 1.82) is 0 Å². The molecule has 1 aromatic carbocycles. The molecule has 3 rings (SSSR count). The van der Waals surface area contributed by atoms with Crippen molar-refractivity contribution >= 4 is 18.1 Å². The number of ether oxygens (including phenoxy) is 1. The molecule has 0 aliphatic carbocycles. The van der Waals surface area contributed by atoms with E-state index in [9.17, 15) is 14.4 Å². The molecule has 0 unspecified atom stereocenters. The van der Waals surface area contributed by atoms with E-state index in [2.05, 4.69) is 11.8 Å². The Hall–Kier alpha value is -3.21. The average Bonchev–Trinajstić information content (AvgIpc) is 2.96. The predicted octanol–water partition coefficient (Wildman–Crippen LogP) is 2.09. The molecule has 2 fully saturated rings. The van der Waals surface area contributed by atoms with Crippen LogP contribution in [-0.4, -0.2) is 82.3 Å². The Kier molecular flexibility index (Phi) is 5.69. The Morgan fingerprint density at radius 1 is 1.24 bits per heavy atom. The summed E-state index contributed by atoms with van der Waals surface area (Å²) in [4.78, 5) is 41.0. The van der Waals surface area contributed by atoms with Crippen molar-refractivity contribution in [3.63, 3.8) is 0 Å². The Bertz CT molecular complexity index is 880. The molecule has 0 spiro atoms. The number of urea groups is 1. The van der Waals surface area contributed by atoms with Gasteiger partial charge in [0.15, 0.2) is 0 Å². The summed E-state index contributed by atoms with van der Waals surface area (Å²) in [5.74, 6) is 4.85. The molecule has 8 nitrogen and oxygen atoms in total. The highest BCUT2D eigenvalue weighted by molar-refractivity contribution is 5.88. The van der Waals surface area contributed by atoms with Gasteiger partial charge in [0.25, 0.3) is 0 Å². The third-order valence-corrected chi connectivity index (χ3v) is 4.69. The number of aromatic carboxylic acids is 1. The van der Waals surface area contributed by atoms with Gasteiger partial charge in [0.2, 0.25) is 0 Å². The molecule has 1 aromatic rings. The van der Waals surface area contributed by atoms with Gasteiger partial charge in [-0.2, -0.15) is 0 Å². The molecular weight excluding hydrogens is 374 g/mol. The number of hydrogen-bond donors (Lipinski definition) is 1. The smallest absolute Gasteiger partial charge is 0.410 e. The normalized spacial score (nSPS) is 18.8. The number of carboxylic acid groups (broad SMARTS) is 1. The minimum absolute atomic E-state index is 0.0825. The summed E-state index contributed by atoms with van der Waals surface area (Å²) in [6, 6.07) is 6.20. The van der Waals surface area contributed by atoms with Gasteiger partial charge in [0, 0.05) is 31.7 Å². The summed E-state index contributed by atoms with van der Waals surface area (Å²) in [5, 5.41) is 9.04. The lowest BCUT2D eigenvalue weighted by atomic mass is 10.1. The van der Waals surface area contributed by atoms with Crippen molar-refractivity contribution < 1.29 is 24.2 Å². The first kappa shape index (κ1) is 20.5. The molecule has 0 saturated carbocycles. The largest absolute Gasteiger partial charge is 0.478 e. The minimum atomic E-state index is -1.00. The van der Waals surface area contributed by atoms with Crippen LogP contribution >= 0.6 is 0 Å². The van der Waals surface area contributed by atoms with E-state index in [-0.39, 0.29) is 30.3 Å². The number of hydrogen-bond acceptors (Lipinski definition) is 4. The zero-order valence-electron chi connectivity index (χ0n) is 16.8. The fraction of sp³-hybridized carbons (Fsp3) is 0.476. The van der Waals surface area contributed by atoms with E-state index in [1.165, 1.54) is 12.1 Å². The fourth-order valence-corrected chi connectivity index (χ4v) is 3.37. The van der Waals surface area contributed by atoms with Crippen molar-refractivity contribution in [2.75, 3.05) is 32.7 Å². The lowest BCUT2D eigenvalue weighted by Gasteiger charge is -2.37. The molecule has 0 bridgehead atoms. The molecule has 29 heavy (non-hydrogen) atoms. The number of nitrogens with zero attached hydrogens (tertiary/aromatic N) is 3. The molecule has 2 heterocycles. The zero-order valence-corrected chi connectivity index (χ0v) is 16.8. The number of amides is 3. The maximum atomic E-state index is 12.6. The molecule has 2 aliphatic rings. The van der Waals surface area contributed by atoms with Crippen LogP contribution in [-0.2, 0) is 4.74 Å². The first-order valence-corrected chi connectivity index (χ1v) is 9.50. The summed E-state index contributed by atoms with van der Waals surface area (Å²) in [6.45, 7) is 7.56. The molecule has 2 saturated heterocycles. The van der Waals surface area contributed by atoms with Crippen LogP contribution < -0.4 is 0 Å². The number of carboxylic acids is 1. The average molecular weight is 399 g/mol. The maximum Gasteiger partial charge on any atom is 0.410 e. The van der Waals surface area contributed by atoms with Crippen molar-refractivity contribution in [3.8, 4) is 11.8 Å². The van der Waals surface area contributed by atoms with Crippen LogP contribution in [0.2, 0.25) is 0 Å². The molecular formula is C21H25N3O5. The van der Waals surface area contributed by atoms with E-state index in [4.69, 9.17) is 9.84 Å². The molecule has 1 atom stereocenters. The number of piperazine rings is 1. The van der Waals surface area contributed by atoms with Crippen LogP contribution in [0.3, 0.4) is 0 Å². The second-order valence-corrected chi connectivity index (χ2v) is 8.12. The number of carbonyl (C=O) groups is 3. The minimum Gasteiger partial charge on any atom is -0.478 e. The molecule has 0 aromatic heterocycles. The van der Waals surface area contributed by atoms with Crippen LogP contribution in [0.25, 0.3) is 0 Å². The highest BCUT2D eigenvalue weighted by Gasteiger charge is 2.42. The molecule has 3 amide bonds. The fourth-order valence-electron chi connectivity index (χ4n) is 3.37. The highest BCUT2D eigenvalue weighted by atomic mass is 16.6. The van der Waals surface area contributed by atoms with Gasteiger partial charge in [-0.1, -0.05) is 17.9 Å². The van der Waals surface area contributed by atoms with E-state index in [0.29, 0.717) is 31.7 Å². The van der Waals surface area contributed by atoms with Crippen molar-refractivity contribution in [3.05, 3.63) is 35.4 Å². The topological polar surface area (TPSA) is 90.4 Å². The van der Waals surface area contributed by atoms with Gasteiger partial charge >= 0.3 is 18.1 Å². The molecule has 154 valence electrons. The first-order chi connectivity index (χ1) is 13.6. The summed E-state index contributed by atoms with van der Waals surface area (Å²) in [7, 11) is 0. The van der Waals surface area contributed by atoms with E-state index in [0.717, 1.165) is 0 Å². The Morgan fingerprint density at radius 3 is 2.69 bits per heavy atom. The van der Waals surface area contributed by atoms with Crippen LogP contribution in [0.5, 0.6) is 0 Å². The summed E-state index contributed by atoms with van der Waals surface area (Å²) < 4.78 is 5.43. The van der Waals surface area contributed by atoms with E-state index < -0.39 is 11.6 Å². The number of benzene rings is 1. The van der Waals surface area contributed by atoms with Crippen LogP contribution in [0, 0.1) is 11.8 Å². The van der Waals surface area contributed by atoms with Crippen LogP contribution in [0.15, 0.2) is 24.3 Å².